The van der Waals surface area contributed by atoms with E-state index in [-0.39, 0.29) is 24.0 Å². The number of hydrogen-bond acceptors (Lipinski definition) is 4. The van der Waals surface area contributed by atoms with Gasteiger partial charge in [-0.1, -0.05) is 12.1 Å². The van der Waals surface area contributed by atoms with Gasteiger partial charge in [-0.3, -0.25) is 4.79 Å². The first-order valence-electron chi connectivity index (χ1n) is 7.83. The minimum Gasteiger partial charge on any atom is -0.444 e. The van der Waals surface area contributed by atoms with Crippen LogP contribution in [0, 0.1) is 13.8 Å². The van der Waals surface area contributed by atoms with Gasteiger partial charge < -0.3 is 20.8 Å². The SMILES string of the molecule is CCNC(=NCc1ccc(C(N)=O)cc1)NCc1nc(C)c(C)o1.I. The van der Waals surface area contributed by atoms with Crippen molar-refractivity contribution in [3.63, 3.8) is 0 Å². The normalized spacial score (nSPS) is 10.9. The number of guanidine groups is 1. The van der Waals surface area contributed by atoms with Gasteiger partial charge in [-0.05, 0) is 38.5 Å². The van der Waals surface area contributed by atoms with Crippen LogP contribution < -0.4 is 16.4 Å². The Bertz CT molecular complexity index is 706. The number of rotatable bonds is 6. The Morgan fingerprint density at radius 1 is 1.24 bits per heavy atom. The van der Waals surface area contributed by atoms with E-state index in [0.717, 1.165) is 23.6 Å². The number of primary amides is 1. The van der Waals surface area contributed by atoms with Gasteiger partial charge in [0.15, 0.2) is 5.96 Å². The third-order valence-electron chi connectivity index (χ3n) is 3.48. The monoisotopic (exact) mass is 457 g/mol. The molecule has 0 aliphatic carbocycles. The summed E-state index contributed by atoms with van der Waals surface area (Å²) in [5.74, 6) is 1.69. The van der Waals surface area contributed by atoms with Crippen LogP contribution in [-0.4, -0.2) is 23.4 Å². The van der Waals surface area contributed by atoms with Crippen molar-refractivity contribution in [3.8, 4) is 0 Å². The van der Waals surface area contributed by atoms with Crippen LogP contribution in [0.3, 0.4) is 0 Å². The highest BCUT2D eigenvalue weighted by atomic mass is 127. The van der Waals surface area contributed by atoms with Crippen molar-refractivity contribution < 1.29 is 9.21 Å². The second kappa shape index (κ2) is 10.0. The zero-order chi connectivity index (χ0) is 17.5. The van der Waals surface area contributed by atoms with Crippen LogP contribution in [0.4, 0.5) is 0 Å². The molecule has 0 spiro atoms. The Balaban J connectivity index is 0.00000312. The lowest BCUT2D eigenvalue weighted by molar-refractivity contribution is 0.100. The van der Waals surface area contributed by atoms with Crippen molar-refractivity contribution in [2.45, 2.75) is 33.9 Å². The molecule has 0 aliphatic rings. The molecule has 0 atom stereocenters. The topological polar surface area (TPSA) is 106 Å². The number of nitrogens with one attached hydrogen (secondary N) is 2. The Morgan fingerprint density at radius 3 is 2.44 bits per heavy atom. The van der Waals surface area contributed by atoms with Gasteiger partial charge in [0.25, 0.3) is 0 Å². The maximum absolute atomic E-state index is 11.1. The van der Waals surface area contributed by atoms with Crippen molar-refractivity contribution in [1.82, 2.24) is 15.6 Å². The third-order valence-corrected chi connectivity index (χ3v) is 3.48. The van der Waals surface area contributed by atoms with Gasteiger partial charge in [-0.2, -0.15) is 0 Å². The minimum absolute atomic E-state index is 0. The van der Waals surface area contributed by atoms with E-state index >= 15 is 0 Å². The molecule has 0 saturated carbocycles. The molecule has 7 nitrogen and oxygen atoms in total. The number of aliphatic imine (C=N–C) groups is 1. The Hall–Kier alpha value is -2.10. The number of hydrogen-bond donors (Lipinski definition) is 3. The molecule has 0 fully saturated rings. The van der Waals surface area contributed by atoms with Gasteiger partial charge in [0.1, 0.15) is 5.76 Å². The summed E-state index contributed by atoms with van der Waals surface area (Å²) in [5, 5.41) is 6.36. The number of halogens is 1. The summed E-state index contributed by atoms with van der Waals surface area (Å²) in [7, 11) is 0. The van der Waals surface area contributed by atoms with E-state index in [1.54, 1.807) is 12.1 Å². The maximum Gasteiger partial charge on any atom is 0.248 e. The summed E-state index contributed by atoms with van der Waals surface area (Å²) < 4.78 is 5.54. The lowest BCUT2D eigenvalue weighted by Gasteiger charge is -2.09. The predicted molar refractivity (Wildman–Crippen MR) is 108 cm³/mol. The summed E-state index contributed by atoms with van der Waals surface area (Å²) >= 11 is 0. The molecule has 0 aliphatic heterocycles. The number of carbonyl (C=O) groups is 1. The lowest BCUT2D eigenvalue weighted by atomic mass is 10.1. The number of aryl methyl sites for hydroxylation is 2. The summed E-state index contributed by atoms with van der Waals surface area (Å²) in [4.78, 5) is 19.9. The molecule has 1 aromatic heterocycles. The van der Waals surface area contributed by atoms with Gasteiger partial charge in [-0.15, -0.1) is 24.0 Å². The first-order valence-corrected chi connectivity index (χ1v) is 7.83. The minimum atomic E-state index is -0.434. The first-order chi connectivity index (χ1) is 11.5. The number of nitrogens with two attached hydrogens (primary N) is 1. The van der Waals surface area contributed by atoms with Crippen LogP contribution >= 0.6 is 24.0 Å². The number of oxazole rings is 1. The molecule has 8 heteroatoms. The van der Waals surface area contributed by atoms with Gasteiger partial charge >= 0.3 is 0 Å². The lowest BCUT2D eigenvalue weighted by Crippen LogP contribution is -2.36. The Morgan fingerprint density at radius 2 is 1.92 bits per heavy atom. The maximum atomic E-state index is 11.1. The molecular formula is C17H24IN5O2. The number of carbonyl (C=O) groups excluding carboxylic acids is 1. The average Bonchev–Trinajstić information content (AvgIpc) is 2.88. The fraction of sp³-hybridized carbons (Fsp3) is 0.353. The zero-order valence-electron chi connectivity index (χ0n) is 14.6. The van der Waals surface area contributed by atoms with E-state index in [9.17, 15) is 4.79 Å². The molecule has 25 heavy (non-hydrogen) atoms. The first kappa shape index (κ1) is 20.9. The quantitative estimate of drug-likeness (QED) is 0.351. The molecule has 0 saturated heterocycles. The molecule has 136 valence electrons. The van der Waals surface area contributed by atoms with Gasteiger partial charge in [-0.25, -0.2) is 9.98 Å². The number of nitrogens with zero attached hydrogens (tertiary/aromatic N) is 2. The average molecular weight is 457 g/mol. The van der Waals surface area contributed by atoms with Crippen molar-refractivity contribution in [2.24, 2.45) is 10.7 Å². The molecule has 0 bridgehead atoms. The third kappa shape index (κ3) is 6.37. The predicted octanol–water partition coefficient (Wildman–Crippen LogP) is 2.26. The molecule has 2 rings (SSSR count). The molecule has 1 amide bonds. The fourth-order valence-electron chi connectivity index (χ4n) is 2.06. The molecule has 1 heterocycles. The highest BCUT2D eigenvalue weighted by molar-refractivity contribution is 14.0. The van der Waals surface area contributed by atoms with Crippen molar-refractivity contribution in [2.75, 3.05) is 6.54 Å². The van der Waals surface area contributed by atoms with Crippen molar-refractivity contribution >= 4 is 35.8 Å². The smallest absolute Gasteiger partial charge is 0.248 e. The summed E-state index contributed by atoms with van der Waals surface area (Å²) in [6.07, 6.45) is 0. The van der Waals surface area contributed by atoms with E-state index in [4.69, 9.17) is 10.2 Å². The van der Waals surface area contributed by atoms with E-state index in [1.165, 1.54) is 0 Å². The second-order valence-corrected chi connectivity index (χ2v) is 5.36. The highest BCUT2D eigenvalue weighted by Crippen LogP contribution is 2.08. The van der Waals surface area contributed by atoms with Crippen LogP contribution in [0.2, 0.25) is 0 Å². The largest absolute Gasteiger partial charge is 0.444 e. The fourth-order valence-corrected chi connectivity index (χ4v) is 2.06. The van der Waals surface area contributed by atoms with Gasteiger partial charge in [0.05, 0.1) is 18.8 Å². The van der Waals surface area contributed by atoms with Crippen LogP contribution in [-0.2, 0) is 13.1 Å². The van der Waals surface area contributed by atoms with Crippen LogP contribution in [0.25, 0.3) is 0 Å². The van der Waals surface area contributed by atoms with Gasteiger partial charge in [0.2, 0.25) is 11.8 Å². The van der Waals surface area contributed by atoms with E-state index in [1.807, 2.05) is 32.9 Å². The van der Waals surface area contributed by atoms with Crippen LogP contribution in [0.1, 0.15) is 40.2 Å². The van der Waals surface area contributed by atoms with E-state index in [2.05, 4.69) is 20.6 Å². The van der Waals surface area contributed by atoms with Crippen LogP contribution in [0.15, 0.2) is 33.7 Å². The van der Waals surface area contributed by atoms with Crippen molar-refractivity contribution in [1.29, 1.82) is 0 Å². The standard InChI is InChI=1S/C17H23N5O2.HI/c1-4-19-17(21-10-15-22-11(2)12(3)24-15)20-9-13-5-7-14(8-6-13)16(18)23;/h5-8H,4,9-10H2,1-3H3,(H2,18,23)(H2,19,20,21);1H. The summed E-state index contributed by atoms with van der Waals surface area (Å²) in [5.41, 5.74) is 7.60. The number of benzene rings is 1. The number of amides is 1. The van der Waals surface area contributed by atoms with Crippen LogP contribution in [0.5, 0.6) is 0 Å². The molecule has 0 radical (unpaired) electrons. The Kier molecular flexibility index (Phi) is 8.39. The number of aromatic nitrogens is 1. The molecular weight excluding hydrogens is 433 g/mol. The summed E-state index contributed by atoms with van der Waals surface area (Å²) in [6, 6.07) is 7.08. The zero-order valence-corrected chi connectivity index (χ0v) is 17.0. The van der Waals surface area contributed by atoms with E-state index < -0.39 is 5.91 Å². The van der Waals surface area contributed by atoms with E-state index in [0.29, 0.717) is 30.5 Å². The second-order valence-electron chi connectivity index (χ2n) is 5.36. The van der Waals surface area contributed by atoms with Gasteiger partial charge in [0, 0.05) is 12.1 Å². The molecule has 0 unspecified atom stereocenters. The Labute approximate surface area is 164 Å². The highest BCUT2D eigenvalue weighted by Gasteiger charge is 2.06. The summed E-state index contributed by atoms with van der Waals surface area (Å²) in [6.45, 7) is 7.49. The molecule has 2 aromatic rings. The van der Waals surface area contributed by atoms with Crippen molar-refractivity contribution in [3.05, 3.63) is 52.7 Å². The molecule has 1 aromatic carbocycles. The molecule has 4 N–H and O–H groups in total.